The number of benzene rings is 2. The summed E-state index contributed by atoms with van der Waals surface area (Å²) in [7, 11) is 0. The highest BCUT2D eigenvalue weighted by Crippen LogP contribution is 2.27. The van der Waals surface area contributed by atoms with Gasteiger partial charge in [-0.15, -0.1) is 11.3 Å². The van der Waals surface area contributed by atoms with Crippen LogP contribution in [-0.2, 0) is 5.41 Å². The highest BCUT2D eigenvalue weighted by atomic mass is 32.1. The molecule has 0 spiro atoms. The third-order valence-electron chi connectivity index (χ3n) is 3.95. The molecule has 0 bridgehead atoms. The molecule has 0 aliphatic rings. The Bertz CT molecular complexity index is 940. The van der Waals surface area contributed by atoms with Crippen LogP contribution in [0.4, 0.5) is 5.13 Å². The molecule has 0 unspecified atom stereocenters. The van der Waals surface area contributed by atoms with Gasteiger partial charge < -0.3 is 0 Å². The van der Waals surface area contributed by atoms with Crippen molar-refractivity contribution in [3.05, 3.63) is 82.4 Å². The smallest absolute Gasteiger partial charge is 0.258 e. The Morgan fingerprint density at radius 3 is 2.15 bits per heavy atom. The van der Waals surface area contributed by atoms with E-state index in [1.165, 1.54) is 11.3 Å². The number of rotatable bonds is 4. The first kappa shape index (κ1) is 18.0. The number of aromatic nitrogens is 1. The molecule has 0 radical (unpaired) electrons. The van der Waals surface area contributed by atoms with Crippen LogP contribution >= 0.6 is 11.3 Å². The fourth-order valence-electron chi connectivity index (χ4n) is 2.46. The van der Waals surface area contributed by atoms with Gasteiger partial charge in [0.15, 0.2) is 10.9 Å². The van der Waals surface area contributed by atoms with Crippen molar-refractivity contribution in [3.8, 4) is 0 Å². The summed E-state index contributed by atoms with van der Waals surface area (Å²) in [5.41, 5.74) is 2.11. The van der Waals surface area contributed by atoms with Crippen LogP contribution in [0.2, 0.25) is 0 Å². The van der Waals surface area contributed by atoms with Crippen molar-refractivity contribution in [2.24, 2.45) is 0 Å². The van der Waals surface area contributed by atoms with Gasteiger partial charge in [0.25, 0.3) is 5.91 Å². The summed E-state index contributed by atoms with van der Waals surface area (Å²) in [5, 5.41) is 5.28. The Balaban J connectivity index is 1.87. The zero-order chi connectivity index (χ0) is 18.7. The van der Waals surface area contributed by atoms with E-state index < -0.39 is 0 Å². The molecule has 1 amide bonds. The van der Waals surface area contributed by atoms with Crippen LogP contribution in [0.1, 0.15) is 52.7 Å². The number of thiazole rings is 1. The van der Waals surface area contributed by atoms with Crippen molar-refractivity contribution >= 4 is 28.2 Å². The molecule has 132 valence electrons. The van der Waals surface area contributed by atoms with Crippen LogP contribution in [0, 0.1) is 0 Å². The lowest BCUT2D eigenvalue weighted by Gasteiger charge is -2.14. The molecule has 3 aromatic rings. The number of ketones is 1. The average molecular weight is 364 g/mol. The minimum absolute atomic E-state index is 0.0827. The van der Waals surface area contributed by atoms with E-state index in [9.17, 15) is 9.59 Å². The summed E-state index contributed by atoms with van der Waals surface area (Å²) < 4.78 is 0. The SMILES string of the molecule is CC(C)(C)c1csc(NC(=O)c2ccccc2C(=O)c2ccccc2)n1. The summed E-state index contributed by atoms with van der Waals surface area (Å²) in [4.78, 5) is 30.0. The van der Waals surface area contributed by atoms with Gasteiger partial charge in [-0.1, -0.05) is 69.3 Å². The van der Waals surface area contributed by atoms with Crippen LogP contribution in [0.15, 0.2) is 60.0 Å². The standard InChI is InChI=1S/C21H20N2O2S/c1-21(2,3)17-13-26-20(22-17)23-19(25)16-12-8-7-11-15(16)18(24)14-9-5-4-6-10-14/h4-13H,1-3H3,(H,22,23,25). The van der Waals surface area contributed by atoms with Crippen molar-refractivity contribution in [2.75, 3.05) is 5.32 Å². The van der Waals surface area contributed by atoms with Crippen LogP contribution in [-0.4, -0.2) is 16.7 Å². The Morgan fingerprint density at radius 2 is 1.54 bits per heavy atom. The third kappa shape index (κ3) is 3.89. The highest BCUT2D eigenvalue weighted by Gasteiger charge is 2.21. The average Bonchev–Trinajstić information content (AvgIpc) is 3.11. The number of anilines is 1. The molecule has 0 saturated carbocycles. The zero-order valence-electron chi connectivity index (χ0n) is 14.9. The second kappa shape index (κ2) is 7.22. The topological polar surface area (TPSA) is 59.1 Å². The third-order valence-corrected chi connectivity index (χ3v) is 4.70. The van der Waals surface area contributed by atoms with Gasteiger partial charge in [-0.3, -0.25) is 14.9 Å². The fraction of sp³-hybridized carbons (Fsp3) is 0.190. The zero-order valence-corrected chi connectivity index (χ0v) is 15.8. The molecule has 1 N–H and O–H groups in total. The van der Waals surface area contributed by atoms with Crippen LogP contribution < -0.4 is 5.32 Å². The molecule has 0 saturated heterocycles. The van der Waals surface area contributed by atoms with E-state index in [-0.39, 0.29) is 17.1 Å². The number of hydrogen-bond donors (Lipinski definition) is 1. The van der Waals surface area contributed by atoms with E-state index in [1.807, 2.05) is 11.4 Å². The predicted molar refractivity (Wildman–Crippen MR) is 105 cm³/mol. The quantitative estimate of drug-likeness (QED) is 0.668. The van der Waals surface area contributed by atoms with Crippen molar-refractivity contribution in [2.45, 2.75) is 26.2 Å². The van der Waals surface area contributed by atoms with Crippen LogP contribution in [0.5, 0.6) is 0 Å². The maximum absolute atomic E-state index is 12.8. The molecule has 0 atom stereocenters. The largest absolute Gasteiger partial charge is 0.298 e. The van der Waals surface area contributed by atoms with E-state index in [0.717, 1.165) is 5.69 Å². The number of nitrogens with one attached hydrogen (secondary N) is 1. The van der Waals surface area contributed by atoms with E-state index in [1.54, 1.807) is 48.5 Å². The second-order valence-electron chi connectivity index (χ2n) is 6.98. The maximum Gasteiger partial charge on any atom is 0.258 e. The molecule has 5 heteroatoms. The first-order valence-electron chi connectivity index (χ1n) is 8.32. The monoisotopic (exact) mass is 364 g/mol. The molecule has 1 heterocycles. The minimum Gasteiger partial charge on any atom is -0.298 e. The Labute approximate surface area is 156 Å². The van der Waals surface area contributed by atoms with Gasteiger partial charge in [-0.25, -0.2) is 4.98 Å². The summed E-state index contributed by atoms with van der Waals surface area (Å²) in [5.74, 6) is -0.509. The molecule has 0 aliphatic heterocycles. The van der Waals surface area contributed by atoms with Gasteiger partial charge in [0, 0.05) is 21.9 Å². The molecular formula is C21H20N2O2S. The second-order valence-corrected chi connectivity index (χ2v) is 7.84. The highest BCUT2D eigenvalue weighted by molar-refractivity contribution is 7.14. The fourth-order valence-corrected chi connectivity index (χ4v) is 3.40. The van der Waals surface area contributed by atoms with Gasteiger partial charge in [0.2, 0.25) is 0 Å². The van der Waals surface area contributed by atoms with Crippen molar-refractivity contribution < 1.29 is 9.59 Å². The number of carbonyl (C=O) groups is 2. The maximum atomic E-state index is 12.8. The summed E-state index contributed by atoms with van der Waals surface area (Å²) in [6.07, 6.45) is 0. The Hall–Kier alpha value is -2.79. The van der Waals surface area contributed by atoms with Crippen molar-refractivity contribution in [1.29, 1.82) is 0 Å². The number of nitrogens with zero attached hydrogens (tertiary/aromatic N) is 1. The number of amides is 1. The number of hydrogen-bond acceptors (Lipinski definition) is 4. The van der Waals surface area contributed by atoms with E-state index in [2.05, 4.69) is 31.1 Å². The Kier molecular flexibility index (Phi) is 5.00. The van der Waals surface area contributed by atoms with Gasteiger partial charge >= 0.3 is 0 Å². The summed E-state index contributed by atoms with van der Waals surface area (Å²) in [6.45, 7) is 6.21. The lowest BCUT2D eigenvalue weighted by Crippen LogP contribution is -2.17. The first-order valence-corrected chi connectivity index (χ1v) is 9.20. The molecule has 3 rings (SSSR count). The molecule has 0 aliphatic carbocycles. The van der Waals surface area contributed by atoms with Crippen molar-refractivity contribution in [1.82, 2.24) is 4.98 Å². The van der Waals surface area contributed by atoms with Crippen molar-refractivity contribution in [3.63, 3.8) is 0 Å². The molecular weight excluding hydrogens is 344 g/mol. The van der Waals surface area contributed by atoms with E-state index in [4.69, 9.17) is 0 Å². The first-order chi connectivity index (χ1) is 12.4. The molecule has 4 nitrogen and oxygen atoms in total. The summed E-state index contributed by atoms with van der Waals surface area (Å²) in [6, 6.07) is 15.8. The lowest BCUT2D eigenvalue weighted by molar-refractivity contribution is 0.0996. The minimum atomic E-state index is -0.334. The predicted octanol–water partition coefficient (Wildman–Crippen LogP) is 4.92. The molecule has 1 aromatic heterocycles. The molecule has 26 heavy (non-hydrogen) atoms. The normalized spacial score (nSPS) is 11.2. The van der Waals surface area contributed by atoms with Gasteiger partial charge in [-0.2, -0.15) is 0 Å². The lowest BCUT2D eigenvalue weighted by atomic mass is 9.93. The van der Waals surface area contributed by atoms with Gasteiger partial charge in [-0.05, 0) is 6.07 Å². The summed E-state index contributed by atoms with van der Waals surface area (Å²) >= 11 is 1.38. The van der Waals surface area contributed by atoms with Crippen LogP contribution in [0.25, 0.3) is 0 Å². The van der Waals surface area contributed by atoms with Gasteiger partial charge in [0.05, 0.1) is 11.3 Å². The van der Waals surface area contributed by atoms with E-state index in [0.29, 0.717) is 21.8 Å². The molecule has 0 fully saturated rings. The van der Waals surface area contributed by atoms with Gasteiger partial charge in [0.1, 0.15) is 0 Å². The van der Waals surface area contributed by atoms with Crippen LogP contribution in [0.3, 0.4) is 0 Å². The Morgan fingerprint density at radius 1 is 0.923 bits per heavy atom. The number of carbonyl (C=O) groups excluding carboxylic acids is 2. The van der Waals surface area contributed by atoms with E-state index >= 15 is 0 Å². The molecule has 2 aromatic carbocycles.